The van der Waals surface area contributed by atoms with Gasteiger partial charge in [-0.15, -0.1) is 0 Å². The first-order valence-electron chi connectivity index (χ1n) is 7.60. The second-order valence-electron chi connectivity index (χ2n) is 5.99. The van der Waals surface area contributed by atoms with Crippen molar-refractivity contribution >= 4 is 41.7 Å². The Morgan fingerprint density at radius 2 is 1.45 bits per heavy atom. The maximum Gasteiger partial charge on any atom is 0.435 e. The first-order chi connectivity index (χ1) is 13.3. The highest BCUT2D eigenvalue weighted by Crippen LogP contribution is 2.35. The van der Waals surface area contributed by atoms with E-state index in [1.165, 1.54) is 12.1 Å². The van der Waals surface area contributed by atoms with Crippen LogP contribution in [0, 0.1) is 11.6 Å². The highest BCUT2D eigenvalue weighted by Gasteiger charge is 2.35. The van der Waals surface area contributed by atoms with E-state index < -0.39 is 43.9 Å². The SMILES string of the molecule is CS(=O)(=O)c1c(F)cc(-n2nc(C(F)(F)F)cc2-c2cc(Br)cc(Br)c2)cc1F. The van der Waals surface area contributed by atoms with Crippen LogP contribution in [0.5, 0.6) is 0 Å². The summed E-state index contributed by atoms with van der Waals surface area (Å²) in [6, 6.07) is 6.60. The second-order valence-corrected chi connectivity index (χ2v) is 9.78. The van der Waals surface area contributed by atoms with Crippen LogP contribution in [0.1, 0.15) is 5.69 Å². The van der Waals surface area contributed by atoms with Gasteiger partial charge in [0.15, 0.2) is 15.5 Å². The molecule has 0 aliphatic carbocycles. The first-order valence-corrected chi connectivity index (χ1v) is 11.1. The molecule has 0 bridgehead atoms. The zero-order valence-electron chi connectivity index (χ0n) is 14.2. The fourth-order valence-corrected chi connectivity index (χ4v) is 4.77. The molecule has 154 valence electrons. The van der Waals surface area contributed by atoms with Crippen molar-refractivity contribution in [1.82, 2.24) is 9.78 Å². The zero-order chi connectivity index (χ0) is 21.7. The topological polar surface area (TPSA) is 52.0 Å². The lowest BCUT2D eigenvalue weighted by Crippen LogP contribution is -2.10. The van der Waals surface area contributed by atoms with E-state index in [-0.39, 0.29) is 11.3 Å². The molecule has 3 rings (SSSR count). The van der Waals surface area contributed by atoms with E-state index >= 15 is 0 Å². The molecule has 0 fully saturated rings. The van der Waals surface area contributed by atoms with Gasteiger partial charge in [0.05, 0.1) is 11.4 Å². The standard InChI is InChI=1S/C17H9Br2F5N2O2S/c1-29(27,28)16-12(20)5-11(6-13(16)21)26-14(7-15(25-26)17(22,23)24)8-2-9(18)4-10(19)3-8/h2-7H,1H3. The quantitative estimate of drug-likeness (QED) is 0.383. The number of hydrogen-bond acceptors (Lipinski definition) is 3. The van der Waals surface area contributed by atoms with E-state index in [1.807, 2.05) is 0 Å². The lowest BCUT2D eigenvalue weighted by atomic mass is 10.1. The summed E-state index contributed by atoms with van der Waals surface area (Å²) in [6.07, 6.45) is -4.19. The molecule has 0 unspecified atom stereocenters. The summed E-state index contributed by atoms with van der Waals surface area (Å²) in [5, 5.41) is 3.44. The maximum atomic E-state index is 14.3. The molecule has 0 amide bonds. The average molecular weight is 560 g/mol. The van der Waals surface area contributed by atoms with Crippen LogP contribution in [0.15, 0.2) is 50.2 Å². The summed E-state index contributed by atoms with van der Waals surface area (Å²) in [6.45, 7) is 0. The molecule has 29 heavy (non-hydrogen) atoms. The summed E-state index contributed by atoms with van der Waals surface area (Å²) in [5.41, 5.74) is -1.53. The number of sulfone groups is 1. The fourth-order valence-electron chi connectivity index (χ4n) is 2.65. The zero-order valence-corrected chi connectivity index (χ0v) is 18.2. The Hall–Kier alpha value is -1.79. The molecule has 0 atom stereocenters. The molecular weight excluding hydrogens is 551 g/mol. The second kappa shape index (κ2) is 7.47. The van der Waals surface area contributed by atoms with Gasteiger partial charge in [0, 0.05) is 32.9 Å². The van der Waals surface area contributed by atoms with E-state index in [9.17, 15) is 30.4 Å². The van der Waals surface area contributed by atoms with Crippen molar-refractivity contribution in [3.63, 3.8) is 0 Å². The van der Waals surface area contributed by atoms with Gasteiger partial charge in [0.1, 0.15) is 16.5 Å². The largest absolute Gasteiger partial charge is 0.435 e. The Kier molecular flexibility index (Phi) is 5.65. The lowest BCUT2D eigenvalue weighted by Gasteiger charge is -2.11. The van der Waals surface area contributed by atoms with Gasteiger partial charge in [-0.25, -0.2) is 21.9 Å². The minimum Gasteiger partial charge on any atom is -0.232 e. The molecule has 0 saturated carbocycles. The van der Waals surface area contributed by atoms with Crippen molar-refractivity contribution in [3.8, 4) is 16.9 Å². The number of nitrogens with zero attached hydrogens (tertiary/aromatic N) is 2. The normalized spacial score (nSPS) is 12.4. The highest BCUT2D eigenvalue weighted by molar-refractivity contribution is 9.11. The molecule has 2 aromatic carbocycles. The average Bonchev–Trinajstić information content (AvgIpc) is 2.97. The minimum absolute atomic E-state index is 0.106. The van der Waals surface area contributed by atoms with Crippen molar-refractivity contribution in [3.05, 3.63) is 62.7 Å². The molecular formula is C17H9Br2F5N2O2S. The smallest absolute Gasteiger partial charge is 0.232 e. The fraction of sp³-hybridized carbons (Fsp3) is 0.118. The van der Waals surface area contributed by atoms with Gasteiger partial charge in [0.2, 0.25) is 0 Å². The molecule has 12 heteroatoms. The van der Waals surface area contributed by atoms with Crippen molar-refractivity contribution in [1.29, 1.82) is 0 Å². The molecule has 0 N–H and O–H groups in total. The predicted octanol–water partition coefficient (Wildman–Crippen LogP) is 5.76. The van der Waals surface area contributed by atoms with Crippen molar-refractivity contribution in [2.75, 3.05) is 6.26 Å². The Balaban J connectivity index is 2.31. The first kappa shape index (κ1) is 21.9. The molecule has 3 aromatic rings. The van der Waals surface area contributed by atoms with E-state index in [0.29, 0.717) is 32.0 Å². The molecule has 0 radical (unpaired) electrons. The van der Waals surface area contributed by atoms with Crippen molar-refractivity contribution < 1.29 is 30.4 Å². The lowest BCUT2D eigenvalue weighted by molar-refractivity contribution is -0.141. The predicted molar refractivity (Wildman–Crippen MR) is 102 cm³/mol. The summed E-state index contributed by atoms with van der Waals surface area (Å²) >= 11 is 6.45. The van der Waals surface area contributed by atoms with Crippen molar-refractivity contribution in [2.24, 2.45) is 0 Å². The van der Waals surface area contributed by atoms with Crippen LogP contribution in [0.25, 0.3) is 16.9 Å². The van der Waals surface area contributed by atoms with Crippen LogP contribution >= 0.6 is 31.9 Å². The Labute approximate surface area is 178 Å². The van der Waals surface area contributed by atoms with Crippen LogP contribution in [0.2, 0.25) is 0 Å². The van der Waals surface area contributed by atoms with Crippen LogP contribution in [-0.4, -0.2) is 24.5 Å². The van der Waals surface area contributed by atoms with Crippen LogP contribution in [-0.2, 0) is 16.0 Å². The number of alkyl halides is 3. The molecule has 0 spiro atoms. The number of hydrogen-bond donors (Lipinski definition) is 0. The molecule has 1 aromatic heterocycles. The summed E-state index contributed by atoms with van der Waals surface area (Å²) in [5.74, 6) is -2.87. The third-order valence-electron chi connectivity index (χ3n) is 3.76. The van der Waals surface area contributed by atoms with Gasteiger partial charge < -0.3 is 0 Å². The third-order valence-corrected chi connectivity index (χ3v) is 5.80. The maximum absolute atomic E-state index is 14.3. The molecule has 0 aliphatic rings. The molecule has 1 heterocycles. The van der Waals surface area contributed by atoms with Gasteiger partial charge >= 0.3 is 6.18 Å². The van der Waals surface area contributed by atoms with E-state index in [2.05, 4.69) is 37.0 Å². The summed E-state index contributed by atoms with van der Waals surface area (Å²) < 4.78 is 93.2. The molecule has 4 nitrogen and oxygen atoms in total. The van der Waals surface area contributed by atoms with Gasteiger partial charge in [-0.1, -0.05) is 31.9 Å². The van der Waals surface area contributed by atoms with Gasteiger partial charge in [0.25, 0.3) is 0 Å². The monoisotopic (exact) mass is 558 g/mol. The van der Waals surface area contributed by atoms with Crippen molar-refractivity contribution in [2.45, 2.75) is 11.1 Å². The van der Waals surface area contributed by atoms with Gasteiger partial charge in [-0.05, 0) is 24.3 Å². The Morgan fingerprint density at radius 3 is 1.90 bits per heavy atom. The Morgan fingerprint density at radius 1 is 0.931 bits per heavy atom. The van der Waals surface area contributed by atoms with Crippen LogP contribution in [0.4, 0.5) is 22.0 Å². The number of halogens is 7. The number of aromatic nitrogens is 2. The minimum atomic E-state index is -4.81. The summed E-state index contributed by atoms with van der Waals surface area (Å²) in [4.78, 5) is -1.17. The molecule has 0 aliphatic heterocycles. The van der Waals surface area contributed by atoms with Gasteiger partial charge in [-0.2, -0.15) is 18.3 Å². The van der Waals surface area contributed by atoms with Crippen LogP contribution in [0.3, 0.4) is 0 Å². The van der Waals surface area contributed by atoms with E-state index in [4.69, 9.17) is 0 Å². The van der Waals surface area contributed by atoms with E-state index in [1.54, 1.807) is 6.07 Å². The number of benzene rings is 2. The van der Waals surface area contributed by atoms with Crippen LogP contribution < -0.4 is 0 Å². The highest BCUT2D eigenvalue weighted by atomic mass is 79.9. The number of rotatable bonds is 3. The summed E-state index contributed by atoms with van der Waals surface area (Å²) in [7, 11) is -4.23. The van der Waals surface area contributed by atoms with Gasteiger partial charge in [-0.3, -0.25) is 0 Å². The van der Waals surface area contributed by atoms with E-state index in [0.717, 1.165) is 6.07 Å². The molecule has 0 saturated heterocycles. The third kappa shape index (κ3) is 4.53. The Bertz CT molecular complexity index is 1180.